The second kappa shape index (κ2) is 23.1. The summed E-state index contributed by atoms with van der Waals surface area (Å²) in [6.07, 6.45) is 25.9. The fourth-order valence-corrected chi connectivity index (χ4v) is 7.05. The standard InChI is InChI=1S/C44H66N4O4/c1-5-7-9-11-13-15-17-19-21-23-27-33-51-43(49)47-38-30-26-25-29-37(38)45-41(47)42-46-40-36(4)35(3)31-32-39(40)48(42)44(50)52-34-28-24-22-20-18-16-14-12-10-8-6-2/h25-26,29-32H,5-24,27-28,33-34H2,1-4H3. The minimum atomic E-state index is -0.517. The van der Waals surface area contributed by atoms with E-state index < -0.39 is 12.2 Å². The van der Waals surface area contributed by atoms with E-state index in [9.17, 15) is 9.59 Å². The highest BCUT2D eigenvalue weighted by atomic mass is 16.6. The van der Waals surface area contributed by atoms with E-state index in [4.69, 9.17) is 19.4 Å². The number of fused-ring (bicyclic) bond motifs is 2. The molecule has 8 heteroatoms. The van der Waals surface area contributed by atoms with Crippen LogP contribution in [0.1, 0.15) is 166 Å². The molecule has 0 bridgehead atoms. The number of aryl methyl sites for hydroxylation is 2. The molecular formula is C44H66N4O4. The summed E-state index contributed by atoms with van der Waals surface area (Å²) in [4.78, 5) is 37.4. The number of aromatic nitrogens is 4. The van der Waals surface area contributed by atoms with Gasteiger partial charge in [0.2, 0.25) is 0 Å². The Morgan fingerprint density at radius 3 is 1.44 bits per heavy atom. The molecule has 0 fully saturated rings. The van der Waals surface area contributed by atoms with E-state index in [1.807, 2.05) is 50.2 Å². The smallest absolute Gasteiger partial charge is 0.420 e. The Hall–Kier alpha value is -3.68. The zero-order valence-corrected chi connectivity index (χ0v) is 32.9. The summed E-state index contributed by atoms with van der Waals surface area (Å²) in [7, 11) is 0. The molecule has 0 atom stereocenters. The zero-order valence-electron chi connectivity index (χ0n) is 32.9. The molecule has 4 rings (SSSR count). The van der Waals surface area contributed by atoms with Crippen LogP contribution in [0.4, 0.5) is 9.59 Å². The number of rotatable bonds is 25. The average molecular weight is 715 g/mol. The normalized spacial score (nSPS) is 11.5. The lowest BCUT2D eigenvalue weighted by atomic mass is 10.1. The number of hydrogen-bond acceptors (Lipinski definition) is 6. The number of benzene rings is 2. The van der Waals surface area contributed by atoms with Crippen molar-refractivity contribution in [3.8, 4) is 11.6 Å². The van der Waals surface area contributed by atoms with Crippen molar-refractivity contribution in [3.05, 3.63) is 47.5 Å². The van der Waals surface area contributed by atoms with Crippen LogP contribution >= 0.6 is 0 Å². The zero-order chi connectivity index (χ0) is 37.0. The molecule has 8 nitrogen and oxygen atoms in total. The molecule has 0 aliphatic rings. The van der Waals surface area contributed by atoms with Gasteiger partial charge in [-0.1, -0.05) is 160 Å². The fourth-order valence-electron chi connectivity index (χ4n) is 7.05. The summed E-state index contributed by atoms with van der Waals surface area (Å²) < 4.78 is 14.6. The van der Waals surface area contributed by atoms with Crippen LogP contribution in [0.15, 0.2) is 36.4 Å². The first kappa shape index (κ1) is 41.1. The number of carbonyl (C=O) groups excluding carboxylic acids is 2. The molecule has 2 aromatic heterocycles. The van der Waals surface area contributed by atoms with Crippen molar-refractivity contribution in [1.29, 1.82) is 0 Å². The quantitative estimate of drug-likeness (QED) is 0.0635. The van der Waals surface area contributed by atoms with Gasteiger partial charge >= 0.3 is 12.2 Å². The lowest BCUT2D eigenvalue weighted by Crippen LogP contribution is -2.20. The summed E-state index contributed by atoms with van der Waals surface area (Å²) >= 11 is 0. The lowest BCUT2D eigenvalue weighted by Gasteiger charge is -2.11. The number of carbonyl (C=O) groups is 2. The summed E-state index contributed by atoms with van der Waals surface area (Å²) in [6, 6.07) is 11.4. The minimum absolute atomic E-state index is 0.269. The Morgan fingerprint density at radius 2 is 0.942 bits per heavy atom. The van der Waals surface area contributed by atoms with Gasteiger partial charge in [-0.15, -0.1) is 0 Å². The van der Waals surface area contributed by atoms with Gasteiger partial charge in [0.15, 0.2) is 11.6 Å². The Kier molecular flexibility index (Phi) is 18.2. The molecule has 286 valence electrons. The summed E-state index contributed by atoms with van der Waals surface area (Å²) in [5, 5.41) is 0. The Balaban J connectivity index is 1.39. The molecule has 0 aliphatic heterocycles. The van der Waals surface area contributed by atoms with Gasteiger partial charge < -0.3 is 9.47 Å². The molecule has 2 aromatic carbocycles. The lowest BCUT2D eigenvalue weighted by molar-refractivity contribution is 0.144. The van der Waals surface area contributed by atoms with E-state index >= 15 is 0 Å². The molecule has 0 saturated heterocycles. The van der Waals surface area contributed by atoms with Gasteiger partial charge in [0, 0.05) is 0 Å². The maximum Gasteiger partial charge on any atom is 0.420 e. The largest absolute Gasteiger partial charge is 0.449 e. The van der Waals surface area contributed by atoms with Crippen LogP contribution in [-0.4, -0.2) is 44.5 Å². The molecule has 0 spiro atoms. The molecular weight excluding hydrogens is 649 g/mol. The van der Waals surface area contributed by atoms with Crippen LogP contribution in [0.2, 0.25) is 0 Å². The van der Waals surface area contributed by atoms with Gasteiger partial charge in [0.25, 0.3) is 0 Å². The highest BCUT2D eigenvalue weighted by molar-refractivity contribution is 5.96. The monoisotopic (exact) mass is 715 g/mol. The van der Waals surface area contributed by atoms with Crippen molar-refractivity contribution in [1.82, 2.24) is 19.1 Å². The molecule has 52 heavy (non-hydrogen) atoms. The fraction of sp³-hybridized carbons (Fsp3) is 0.636. The van der Waals surface area contributed by atoms with Crippen LogP contribution in [0.25, 0.3) is 33.7 Å². The molecule has 0 saturated carbocycles. The predicted octanol–water partition coefficient (Wildman–Crippen LogP) is 13.3. The number of ether oxygens (including phenoxy) is 2. The maximum atomic E-state index is 13.8. The van der Waals surface area contributed by atoms with Gasteiger partial charge in [-0.2, -0.15) is 0 Å². The maximum absolute atomic E-state index is 13.8. The van der Waals surface area contributed by atoms with Gasteiger partial charge in [0.05, 0.1) is 35.3 Å². The van der Waals surface area contributed by atoms with Crippen molar-refractivity contribution >= 4 is 34.3 Å². The Bertz CT molecular complexity index is 1650. The van der Waals surface area contributed by atoms with Crippen LogP contribution in [0, 0.1) is 13.8 Å². The average Bonchev–Trinajstić information content (AvgIpc) is 3.73. The van der Waals surface area contributed by atoms with Gasteiger partial charge in [-0.3, -0.25) is 0 Å². The molecule has 0 unspecified atom stereocenters. The van der Waals surface area contributed by atoms with Crippen LogP contribution < -0.4 is 0 Å². The third kappa shape index (κ3) is 12.2. The van der Waals surface area contributed by atoms with E-state index in [0.29, 0.717) is 35.3 Å². The summed E-state index contributed by atoms with van der Waals surface area (Å²) in [5.74, 6) is 0.542. The van der Waals surface area contributed by atoms with E-state index in [1.165, 1.54) is 112 Å². The highest BCUT2D eigenvalue weighted by Gasteiger charge is 2.28. The van der Waals surface area contributed by atoms with E-state index in [-0.39, 0.29) is 11.6 Å². The SMILES string of the molecule is CCCCCCCCCCCCCOC(=O)n1c(-c2nc3c(C)c(C)ccc3n2C(=O)OCCCCCCCCCCCCC)nc2ccccc21. The minimum Gasteiger partial charge on any atom is -0.449 e. The van der Waals surface area contributed by atoms with Crippen LogP contribution in [0.5, 0.6) is 0 Å². The van der Waals surface area contributed by atoms with E-state index in [0.717, 1.165) is 49.7 Å². The van der Waals surface area contributed by atoms with Gasteiger partial charge in [-0.05, 0) is 56.0 Å². The Morgan fingerprint density at radius 1 is 0.519 bits per heavy atom. The van der Waals surface area contributed by atoms with Crippen molar-refractivity contribution in [2.24, 2.45) is 0 Å². The number of para-hydroxylation sites is 2. The summed E-state index contributed by atoms with van der Waals surface area (Å²) in [6.45, 7) is 9.20. The Labute approximate surface area is 313 Å². The van der Waals surface area contributed by atoms with E-state index in [2.05, 4.69) is 13.8 Å². The first-order valence-electron chi connectivity index (χ1n) is 20.8. The van der Waals surface area contributed by atoms with Crippen molar-refractivity contribution < 1.29 is 19.1 Å². The number of nitrogens with zero attached hydrogens (tertiary/aromatic N) is 4. The van der Waals surface area contributed by atoms with Crippen molar-refractivity contribution in [3.63, 3.8) is 0 Å². The van der Waals surface area contributed by atoms with Crippen LogP contribution in [0.3, 0.4) is 0 Å². The summed E-state index contributed by atoms with van der Waals surface area (Å²) in [5.41, 5.74) is 4.60. The van der Waals surface area contributed by atoms with Gasteiger partial charge in [-0.25, -0.2) is 28.7 Å². The number of imidazole rings is 2. The van der Waals surface area contributed by atoms with Gasteiger partial charge in [0.1, 0.15) is 0 Å². The first-order chi connectivity index (χ1) is 25.5. The number of hydrogen-bond donors (Lipinski definition) is 0. The second-order valence-corrected chi connectivity index (χ2v) is 14.7. The van der Waals surface area contributed by atoms with Crippen LogP contribution in [-0.2, 0) is 9.47 Å². The van der Waals surface area contributed by atoms with Crippen molar-refractivity contribution in [2.45, 2.75) is 169 Å². The number of unbranched alkanes of at least 4 members (excludes halogenated alkanes) is 20. The second-order valence-electron chi connectivity index (χ2n) is 14.7. The molecule has 0 amide bonds. The van der Waals surface area contributed by atoms with E-state index in [1.54, 1.807) is 0 Å². The molecule has 0 radical (unpaired) electrons. The first-order valence-corrected chi connectivity index (χ1v) is 20.8. The topological polar surface area (TPSA) is 88.2 Å². The third-order valence-corrected chi connectivity index (χ3v) is 10.4. The third-order valence-electron chi connectivity index (χ3n) is 10.4. The predicted molar refractivity (Wildman–Crippen MR) is 214 cm³/mol. The molecule has 2 heterocycles. The highest BCUT2D eigenvalue weighted by Crippen LogP contribution is 2.31. The molecule has 0 N–H and O–H groups in total. The molecule has 0 aliphatic carbocycles. The molecule has 4 aromatic rings. The van der Waals surface area contributed by atoms with Crippen molar-refractivity contribution in [2.75, 3.05) is 13.2 Å².